The normalized spacial score (nSPS) is 9.69. The molecule has 1 aromatic rings. The highest BCUT2D eigenvalue weighted by Gasteiger charge is 2.10. The highest BCUT2D eigenvalue weighted by atomic mass is 35.5. The van der Waals surface area contributed by atoms with Crippen LogP contribution in [0.1, 0.15) is 21.0 Å². The van der Waals surface area contributed by atoms with E-state index in [1.54, 1.807) is 0 Å². The van der Waals surface area contributed by atoms with Crippen molar-refractivity contribution < 1.29 is 9.59 Å². The monoisotopic (exact) mass is 218 g/mol. The first kappa shape index (κ1) is 9.95. The number of carbonyl (C=O) groups is 2. The number of rotatable bonds is 2. The number of nitrogen functional groups attached to an aromatic ring is 1. The predicted molar refractivity (Wildman–Crippen MR) is 49.0 cm³/mol. The zero-order valence-corrected chi connectivity index (χ0v) is 7.76. The molecule has 0 radical (unpaired) electrons. The molecule has 0 spiro atoms. The maximum atomic E-state index is 10.7. The topological polar surface area (TPSA) is 73.1 Å². The lowest BCUT2D eigenvalue weighted by Gasteiger charge is -1.98. The highest BCUT2D eigenvalue weighted by Crippen LogP contribution is 2.11. The molecule has 0 aliphatic heterocycles. The number of nitrogens with zero attached hydrogens (tertiary/aromatic N) is 1. The van der Waals surface area contributed by atoms with Crippen molar-refractivity contribution in [1.82, 2.24) is 4.98 Å². The summed E-state index contributed by atoms with van der Waals surface area (Å²) < 4.78 is 0. The van der Waals surface area contributed by atoms with E-state index in [1.165, 1.54) is 12.1 Å². The average Bonchev–Trinajstić information content (AvgIpc) is 2.03. The van der Waals surface area contributed by atoms with Crippen molar-refractivity contribution in [1.29, 1.82) is 0 Å². The number of aromatic nitrogens is 1. The summed E-state index contributed by atoms with van der Waals surface area (Å²) in [5.74, 6) is 0. The lowest BCUT2D eigenvalue weighted by atomic mass is 10.3. The minimum atomic E-state index is -0.786. The second-order valence-corrected chi connectivity index (χ2v) is 2.90. The van der Waals surface area contributed by atoms with Crippen LogP contribution in [0.2, 0.25) is 0 Å². The third-order valence-electron chi connectivity index (χ3n) is 1.25. The first-order chi connectivity index (χ1) is 6.00. The number of pyridine rings is 1. The summed E-state index contributed by atoms with van der Waals surface area (Å²) >= 11 is 10.3. The second-order valence-electron chi connectivity index (χ2n) is 2.22. The van der Waals surface area contributed by atoms with Crippen LogP contribution in [-0.2, 0) is 0 Å². The fourth-order valence-corrected chi connectivity index (χ4v) is 0.947. The third kappa shape index (κ3) is 2.40. The summed E-state index contributed by atoms with van der Waals surface area (Å²) in [6.45, 7) is 0. The van der Waals surface area contributed by atoms with E-state index in [9.17, 15) is 9.59 Å². The van der Waals surface area contributed by atoms with Gasteiger partial charge in [-0.25, -0.2) is 4.98 Å². The Hall–Kier alpha value is -1.13. The number of halogens is 2. The van der Waals surface area contributed by atoms with Crippen LogP contribution in [0.5, 0.6) is 0 Å². The van der Waals surface area contributed by atoms with Gasteiger partial charge in [0.1, 0.15) is 11.4 Å². The highest BCUT2D eigenvalue weighted by molar-refractivity contribution is 6.68. The van der Waals surface area contributed by atoms with Gasteiger partial charge in [-0.2, -0.15) is 0 Å². The van der Waals surface area contributed by atoms with Crippen molar-refractivity contribution in [2.24, 2.45) is 0 Å². The number of carbonyl (C=O) groups excluding carboxylic acids is 2. The maximum Gasteiger partial charge on any atom is 0.270 e. The van der Waals surface area contributed by atoms with E-state index in [4.69, 9.17) is 28.9 Å². The van der Waals surface area contributed by atoms with Gasteiger partial charge in [0.25, 0.3) is 10.5 Å². The molecular formula is C7H4Cl2N2O2. The van der Waals surface area contributed by atoms with Crippen molar-refractivity contribution in [3.8, 4) is 0 Å². The van der Waals surface area contributed by atoms with Gasteiger partial charge in [-0.1, -0.05) is 0 Å². The predicted octanol–water partition coefficient (Wildman–Crippen LogP) is 1.42. The summed E-state index contributed by atoms with van der Waals surface area (Å²) in [5, 5.41) is -1.57. The van der Waals surface area contributed by atoms with Gasteiger partial charge in [-0.3, -0.25) is 9.59 Å². The largest absolute Gasteiger partial charge is 0.399 e. The van der Waals surface area contributed by atoms with E-state index in [2.05, 4.69) is 4.98 Å². The minimum absolute atomic E-state index is 0.0920. The van der Waals surface area contributed by atoms with E-state index in [0.29, 0.717) is 0 Å². The zero-order valence-electron chi connectivity index (χ0n) is 6.25. The molecule has 0 aliphatic carbocycles. The molecule has 0 bridgehead atoms. The Bertz CT molecular complexity index is 347. The quantitative estimate of drug-likeness (QED) is 0.763. The van der Waals surface area contributed by atoms with Crippen LogP contribution >= 0.6 is 23.2 Å². The Labute approximate surface area is 83.7 Å². The van der Waals surface area contributed by atoms with Crippen molar-refractivity contribution >= 4 is 39.4 Å². The Morgan fingerprint density at radius 1 is 1.15 bits per heavy atom. The maximum absolute atomic E-state index is 10.7. The number of anilines is 1. The first-order valence-corrected chi connectivity index (χ1v) is 3.93. The molecule has 1 heterocycles. The minimum Gasteiger partial charge on any atom is -0.399 e. The Balaban J connectivity index is 3.26. The molecule has 0 saturated heterocycles. The summed E-state index contributed by atoms with van der Waals surface area (Å²) in [5.41, 5.74) is 5.40. The van der Waals surface area contributed by atoms with Crippen molar-refractivity contribution in [2.75, 3.05) is 5.73 Å². The lowest BCUT2D eigenvalue weighted by molar-refractivity contribution is 0.107. The molecule has 0 atom stereocenters. The molecule has 4 nitrogen and oxygen atoms in total. The van der Waals surface area contributed by atoms with Crippen LogP contribution in [0.4, 0.5) is 5.69 Å². The molecular weight excluding hydrogens is 215 g/mol. The fraction of sp³-hybridized carbons (Fsp3) is 0. The fourth-order valence-electron chi connectivity index (χ4n) is 0.753. The van der Waals surface area contributed by atoms with Gasteiger partial charge in [-0.15, -0.1) is 0 Å². The summed E-state index contributed by atoms with van der Waals surface area (Å²) in [6.07, 6.45) is 0. The van der Waals surface area contributed by atoms with E-state index in [-0.39, 0.29) is 17.1 Å². The molecule has 13 heavy (non-hydrogen) atoms. The van der Waals surface area contributed by atoms with Gasteiger partial charge in [0.05, 0.1) is 0 Å². The summed E-state index contributed by atoms with van der Waals surface area (Å²) in [6, 6.07) is 2.53. The van der Waals surface area contributed by atoms with Crippen LogP contribution in [0.15, 0.2) is 12.1 Å². The number of nitrogens with two attached hydrogens (primary N) is 1. The lowest BCUT2D eigenvalue weighted by Crippen LogP contribution is -2.03. The van der Waals surface area contributed by atoms with Gasteiger partial charge >= 0.3 is 0 Å². The molecule has 2 N–H and O–H groups in total. The molecule has 0 amide bonds. The van der Waals surface area contributed by atoms with E-state index < -0.39 is 10.5 Å². The summed E-state index contributed by atoms with van der Waals surface area (Å²) in [4.78, 5) is 24.9. The van der Waals surface area contributed by atoms with Crippen LogP contribution in [0.3, 0.4) is 0 Å². The number of hydrogen-bond donors (Lipinski definition) is 1. The standard InChI is InChI=1S/C7H4Cl2N2O2/c8-6(12)4-1-3(10)2-5(11-4)7(9)13/h1-2H,(H2,10,11). The molecule has 0 aliphatic rings. The van der Waals surface area contributed by atoms with Gasteiger partial charge in [-0.05, 0) is 35.3 Å². The molecule has 68 valence electrons. The Morgan fingerprint density at radius 2 is 1.54 bits per heavy atom. The van der Waals surface area contributed by atoms with Gasteiger partial charge in [0.15, 0.2) is 0 Å². The molecule has 1 rings (SSSR count). The summed E-state index contributed by atoms with van der Waals surface area (Å²) in [7, 11) is 0. The van der Waals surface area contributed by atoms with Crippen molar-refractivity contribution in [3.05, 3.63) is 23.5 Å². The first-order valence-electron chi connectivity index (χ1n) is 3.18. The van der Waals surface area contributed by atoms with Gasteiger partial charge in [0, 0.05) is 5.69 Å². The zero-order chi connectivity index (χ0) is 10.0. The molecule has 6 heteroatoms. The molecule has 0 unspecified atom stereocenters. The molecule has 0 fully saturated rings. The van der Waals surface area contributed by atoms with Crippen LogP contribution in [0.25, 0.3) is 0 Å². The van der Waals surface area contributed by atoms with Crippen LogP contribution in [0, 0.1) is 0 Å². The van der Waals surface area contributed by atoms with E-state index in [0.717, 1.165) is 0 Å². The number of hydrogen-bond acceptors (Lipinski definition) is 4. The average molecular weight is 219 g/mol. The van der Waals surface area contributed by atoms with Gasteiger partial charge in [0.2, 0.25) is 0 Å². The third-order valence-corrected chi connectivity index (χ3v) is 1.64. The molecule has 0 saturated carbocycles. The van der Waals surface area contributed by atoms with Crippen LogP contribution in [-0.4, -0.2) is 15.5 Å². The smallest absolute Gasteiger partial charge is 0.270 e. The Kier molecular flexibility index (Phi) is 2.85. The molecule has 0 aromatic carbocycles. The van der Waals surface area contributed by atoms with Crippen molar-refractivity contribution in [2.45, 2.75) is 0 Å². The second kappa shape index (κ2) is 3.72. The molecule has 1 aromatic heterocycles. The van der Waals surface area contributed by atoms with Crippen molar-refractivity contribution in [3.63, 3.8) is 0 Å². The van der Waals surface area contributed by atoms with E-state index in [1.807, 2.05) is 0 Å². The Morgan fingerprint density at radius 3 is 1.85 bits per heavy atom. The van der Waals surface area contributed by atoms with Gasteiger partial charge < -0.3 is 5.73 Å². The van der Waals surface area contributed by atoms with E-state index >= 15 is 0 Å². The SMILES string of the molecule is Nc1cc(C(=O)Cl)nc(C(=O)Cl)c1. The van der Waals surface area contributed by atoms with Crippen LogP contribution < -0.4 is 5.73 Å².